The van der Waals surface area contributed by atoms with Gasteiger partial charge in [-0.05, 0) is 36.6 Å². The molecule has 2 aromatic rings. The van der Waals surface area contributed by atoms with E-state index in [1.54, 1.807) is 4.90 Å². The van der Waals surface area contributed by atoms with Crippen molar-refractivity contribution >= 4 is 38.9 Å². The highest BCUT2D eigenvalue weighted by Crippen LogP contribution is 2.35. The van der Waals surface area contributed by atoms with Gasteiger partial charge in [0.1, 0.15) is 0 Å². The van der Waals surface area contributed by atoms with E-state index in [1.165, 1.54) is 11.3 Å². The SMILES string of the molecule is CCN(Cc1cccs1)C(=O)CCNS(=O)(=O)c1ccc(Cl)c(C(F)(F)F)c1. The van der Waals surface area contributed by atoms with Crippen LogP contribution in [0.25, 0.3) is 0 Å². The molecule has 11 heteroatoms. The van der Waals surface area contributed by atoms with Gasteiger partial charge in [-0.3, -0.25) is 4.79 Å². The molecule has 0 aliphatic rings. The van der Waals surface area contributed by atoms with Gasteiger partial charge in [0.05, 0.1) is 22.0 Å². The quantitative estimate of drug-likeness (QED) is 0.652. The highest BCUT2D eigenvalue weighted by atomic mass is 35.5. The van der Waals surface area contributed by atoms with Crippen LogP contribution in [0.2, 0.25) is 5.02 Å². The number of carbonyl (C=O) groups is 1. The van der Waals surface area contributed by atoms with Gasteiger partial charge < -0.3 is 4.90 Å². The van der Waals surface area contributed by atoms with Crippen LogP contribution in [-0.2, 0) is 27.5 Å². The van der Waals surface area contributed by atoms with Crippen molar-refractivity contribution in [2.45, 2.75) is 31.0 Å². The molecule has 0 radical (unpaired) electrons. The zero-order valence-electron chi connectivity index (χ0n) is 14.8. The maximum absolute atomic E-state index is 12.9. The first-order valence-corrected chi connectivity index (χ1v) is 10.9. The Balaban J connectivity index is 2.00. The van der Waals surface area contributed by atoms with Crippen molar-refractivity contribution in [3.8, 4) is 0 Å². The number of amides is 1. The standard InChI is InChI=1S/C17H18ClF3N2O3S2/c1-2-23(11-12-4-3-9-27-12)16(24)7-8-22-28(25,26)13-5-6-15(18)14(10-13)17(19,20)21/h3-6,9-10,22H,2,7-8,11H2,1H3. The second-order valence-electron chi connectivity index (χ2n) is 5.77. The summed E-state index contributed by atoms with van der Waals surface area (Å²) >= 11 is 7.01. The number of thiophene rings is 1. The van der Waals surface area contributed by atoms with Gasteiger partial charge in [-0.25, -0.2) is 13.1 Å². The van der Waals surface area contributed by atoms with Crippen molar-refractivity contribution in [1.82, 2.24) is 9.62 Å². The fourth-order valence-corrected chi connectivity index (χ4v) is 4.39. The van der Waals surface area contributed by atoms with Crippen LogP contribution in [0.5, 0.6) is 0 Å². The molecule has 0 saturated heterocycles. The Bertz CT molecular complexity index is 916. The second kappa shape index (κ2) is 9.25. The first-order valence-electron chi connectivity index (χ1n) is 8.21. The number of rotatable bonds is 8. The molecule has 0 atom stereocenters. The third-order valence-corrected chi connectivity index (χ3v) is 6.50. The van der Waals surface area contributed by atoms with E-state index in [9.17, 15) is 26.4 Å². The van der Waals surface area contributed by atoms with Gasteiger partial charge in [0.15, 0.2) is 0 Å². The van der Waals surface area contributed by atoms with Crippen LogP contribution in [0.1, 0.15) is 23.8 Å². The Morgan fingerprint density at radius 3 is 2.57 bits per heavy atom. The molecule has 0 aliphatic carbocycles. The first-order chi connectivity index (χ1) is 13.0. The van der Waals surface area contributed by atoms with E-state index < -0.39 is 31.7 Å². The smallest absolute Gasteiger partial charge is 0.338 e. The van der Waals surface area contributed by atoms with Gasteiger partial charge in [-0.2, -0.15) is 13.2 Å². The fourth-order valence-electron chi connectivity index (χ4n) is 2.39. The average molecular weight is 455 g/mol. The van der Waals surface area contributed by atoms with Gasteiger partial charge in [0.25, 0.3) is 0 Å². The maximum Gasteiger partial charge on any atom is 0.417 e. The molecule has 1 aromatic carbocycles. The lowest BCUT2D eigenvalue weighted by molar-refractivity contribution is -0.137. The number of nitrogens with zero attached hydrogens (tertiary/aromatic N) is 1. The summed E-state index contributed by atoms with van der Waals surface area (Å²) in [5.74, 6) is -0.259. The van der Waals surface area contributed by atoms with Gasteiger partial charge in [0.2, 0.25) is 15.9 Å². The van der Waals surface area contributed by atoms with E-state index >= 15 is 0 Å². The van der Waals surface area contributed by atoms with Gasteiger partial charge >= 0.3 is 6.18 Å². The number of halogens is 4. The average Bonchev–Trinajstić information content (AvgIpc) is 3.11. The molecule has 1 N–H and O–H groups in total. The Morgan fingerprint density at radius 2 is 2.00 bits per heavy atom. The highest BCUT2D eigenvalue weighted by Gasteiger charge is 2.34. The molecule has 1 aromatic heterocycles. The van der Waals surface area contributed by atoms with Crippen LogP contribution >= 0.6 is 22.9 Å². The lowest BCUT2D eigenvalue weighted by Crippen LogP contribution is -2.34. The molecule has 5 nitrogen and oxygen atoms in total. The van der Waals surface area contributed by atoms with Crippen LogP contribution < -0.4 is 4.72 Å². The topological polar surface area (TPSA) is 66.5 Å². The summed E-state index contributed by atoms with van der Waals surface area (Å²) in [6, 6.07) is 6.10. The molecule has 0 aliphatic heterocycles. The summed E-state index contributed by atoms with van der Waals surface area (Å²) in [4.78, 5) is 14.3. The van der Waals surface area contributed by atoms with E-state index in [4.69, 9.17) is 11.6 Å². The Hall–Kier alpha value is -1.62. The number of nitrogens with one attached hydrogen (secondary N) is 1. The van der Waals surface area contributed by atoms with E-state index in [0.717, 1.165) is 17.0 Å². The van der Waals surface area contributed by atoms with Crippen LogP contribution in [0.3, 0.4) is 0 Å². The predicted octanol–water partition coefficient (Wildman–Crippen LogP) is 4.14. The summed E-state index contributed by atoms with van der Waals surface area (Å²) in [6.07, 6.45) is -4.89. The number of carbonyl (C=O) groups excluding carboxylic acids is 1. The van der Waals surface area contributed by atoms with Crippen LogP contribution in [0.15, 0.2) is 40.6 Å². The van der Waals surface area contributed by atoms with E-state index in [1.807, 2.05) is 24.4 Å². The molecule has 154 valence electrons. The van der Waals surface area contributed by atoms with Crippen LogP contribution in [0, 0.1) is 0 Å². The number of alkyl halides is 3. The van der Waals surface area contributed by atoms with Crippen molar-refractivity contribution in [2.24, 2.45) is 0 Å². The zero-order valence-corrected chi connectivity index (χ0v) is 17.2. The molecule has 0 saturated carbocycles. The van der Waals surface area contributed by atoms with Gasteiger partial charge in [0, 0.05) is 24.4 Å². The van der Waals surface area contributed by atoms with Crippen molar-refractivity contribution in [1.29, 1.82) is 0 Å². The summed E-state index contributed by atoms with van der Waals surface area (Å²) in [7, 11) is -4.22. The van der Waals surface area contributed by atoms with Crippen LogP contribution in [-0.4, -0.2) is 32.3 Å². The molecule has 2 rings (SSSR count). The Labute approximate surface area is 170 Å². The molecular formula is C17H18ClF3N2O3S2. The second-order valence-corrected chi connectivity index (χ2v) is 8.98. The van der Waals surface area contributed by atoms with Crippen molar-refractivity contribution < 1.29 is 26.4 Å². The largest absolute Gasteiger partial charge is 0.417 e. The molecular weight excluding hydrogens is 437 g/mol. The highest BCUT2D eigenvalue weighted by molar-refractivity contribution is 7.89. The Kier molecular flexibility index (Phi) is 7.49. The van der Waals surface area contributed by atoms with Gasteiger partial charge in [-0.15, -0.1) is 11.3 Å². The summed E-state index contributed by atoms with van der Waals surface area (Å²) in [6.45, 7) is 2.45. The predicted molar refractivity (Wildman–Crippen MR) is 102 cm³/mol. The number of benzene rings is 1. The summed E-state index contributed by atoms with van der Waals surface area (Å²) in [5, 5.41) is 1.30. The first kappa shape index (κ1) is 22.7. The molecule has 28 heavy (non-hydrogen) atoms. The number of sulfonamides is 1. The molecule has 0 fully saturated rings. The third kappa shape index (κ3) is 5.94. The van der Waals surface area contributed by atoms with E-state index in [-0.39, 0.29) is 18.9 Å². The summed E-state index contributed by atoms with van der Waals surface area (Å²) < 4.78 is 65.4. The minimum Gasteiger partial charge on any atom is -0.338 e. The van der Waals surface area contributed by atoms with Crippen molar-refractivity contribution in [3.05, 3.63) is 51.2 Å². The molecule has 0 bridgehead atoms. The summed E-state index contributed by atoms with van der Waals surface area (Å²) in [5.41, 5.74) is -1.23. The minimum absolute atomic E-state index is 0.113. The van der Waals surface area contributed by atoms with E-state index in [2.05, 4.69) is 4.72 Å². The Morgan fingerprint density at radius 1 is 1.29 bits per heavy atom. The fraction of sp³-hybridized carbons (Fsp3) is 0.353. The lowest BCUT2D eigenvalue weighted by Gasteiger charge is -2.20. The molecule has 0 spiro atoms. The normalized spacial score (nSPS) is 12.2. The maximum atomic E-state index is 12.9. The monoisotopic (exact) mass is 454 g/mol. The molecule has 1 heterocycles. The van der Waals surface area contributed by atoms with Gasteiger partial charge in [-0.1, -0.05) is 17.7 Å². The number of hydrogen-bond acceptors (Lipinski definition) is 4. The zero-order chi connectivity index (χ0) is 20.9. The minimum atomic E-state index is -4.78. The van der Waals surface area contributed by atoms with E-state index in [0.29, 0.717) is 19.2 Å². The van der Waals surface area contributed by atoms with Crippen molar-refractivity contribution in [3.63, 3.8) is 0 Å². The van der Waals surface area contributed by atoms with Crippen molar-refractivity contribution in [2.75, 3.05) is 13.1 Å². The molecule has 1 amide bonds. The lowest BCUT2D eigenvalue weighted by atomic mass is 10.2. The number of hydrogen-bond donors (Lipinski definition) is 1. The van der Waals surface area contributed by atoms with Crippen LogP contribution in [0.4, 0.5) is 13.2 Å². The third-order valence-electron chi connectivity index (χ3n) is 3.85. The molecule has 0 unspecified atom stereocenters.